The highest BCUT2D eigenvalue weighted by Crippen LogP contribution is 2.38. The molecule has 440 valence electrons. The summed E-state index contributed by atoms with van der Waals surface area (Å²) in [6.07, 6.45) is -5.15. The lowest BCUT2D eigenvalue weighted by atomic mass is 9.79. The molecule has 0 aliphatic carbocycles. The van der Waals surface area contributed by atoms with Gasteiger partial charge in [-0.2, -0.15) is 0 Å². The first-order valence-corrected chi connectivity index (χ1v) is 26.4. The number of non-ortho nitro benzene ring substituents is 1. The smallest absolute Gasteiger partial charge is 0.330 e. The topological polar surface area (TPSA) is 277 Å². The lowest BCUT2D eigenvalue weighted by Gasteiger charge is -2.48. The number of esters is 6. The average Bonchev–Trinajstić information content (AvgIpc) is 3.42. The zero-order chi connectivity index (χ0) is 58.8. The van der Waals surface area contributed by atoms with Gasteiger partial charge in [0.05, 0.1) is 55.8 Å². The second kappa shape index (κ2) is 31.2. The van der Waals surface area contributed by atoms with Crippen LogP contribution in [-0.2, 0) is 96.8 Å². The van der Waals surface area contributed by atoms with Gasteiger partial charge in [0.2, 0.25) is 0 Å². The van der Waals surface area contributed by atoms with E-state index < -0.39 is 150 Å². The fourth-order valence-electron chi connectivity index (χ4n) is 10.3. The van der Waals surface area contributed by atoms with Crippen LogP contribution in [0.5, 0.6) is 0 Å². The van der Waals surface area contributed by atoms with E-state index in [9.17, 15) is 43.7 Å². The molecule has 17 atom stereocenters. The molecule has 2 saturated heterocycles. The van der Waals surface area contributed by atoms with Crippen LogP contribution in [0.4, 0.5) is 5.69 Å². The predicted octanol–water partition coefficient (Wildman–Crippen LogP) is 5.51. The Balaban J connectivity index is 1.90. The lowest BCUT2D eigenvalue weighted by molar-refractivity contribution is -0.384. The largest absolute Gasteiger partial charge is 0.466 e. The number of allylic oxidation sites excluding steroid dienone is 4. The van der Waals surface area contributed by atoms with E-state index in [-0.39, 0.29) is 43.8 Å². The molecule has 3 heterocycles. The Hall–Kier alpha value is -5.95. The molecule has 1 unspecified atom stereocenters. The molecule has 3 aliphatic rings. The number of rotatable bonds is 19. The van der Waals surface area contributed by atoms with E-state index >= 15 is 0 Å². The van der Waals surface area contributed by atoms with Gasteiger partial charge in [-0.05, 0) is 71.7 Å². The molecule has 0 radical (unpaired) electrons. The Morgan fingerprint density at radius 3 is 1.95 bits per heavy atom. The Bertz CT molecular complexity index is 2340. The number of nitrogens with zero attached hydrogens (tertiary/aromatic N) is 2. The van der Waals surface area contributed by atoms with Gasteiger partial charge in [0.15, 0.2) is 30.6 Å². The number of benzene rings is 1. The minimum atomic E-state index is -1.42. The molecule has 79 heavy (non-hydrogen) atoms. The van der Waals surface area contributed by atoms with Gasteiger partial charge in [0.25, 0.3) is 5.69 Å². The molecule has 23 nitrogen and oxygen atoms in total. The molecule has 0 saturated carbocycles. The summed E-state index contributed by atoms with van der Waals surface area (Å²) in [7, 11) is 7.49. The number of hydrogen-bond acceptors (Lipinski definition) is 22. The first-order chi connectivity index (χ1) is 37.3. The van der Waals surface area contributed by atoms with Crippen molar-refractivity contribution in [1.82, 2.24) is 4.90 Å². The van der Waals surface area contributed by atoms with E-state index in [0.29, 0.717) is 11.1 Å². The molecule has 1 aromatic rings. The third kappa shape index (κ3) is 19.1. The van der Waals surface area contributed by atoms with Crippen molar-refractivity contribution < 1.29 is 95.3 Å². The van der Waals surface area contributed by atoms with Gasteiger partial charge in [-0.15, -0.1) is 0 Å². The molecule has 1 aromatic carbocycles. The molecule has 0 N–H and O–H groups in total. The number of likely N-dealkylation sites (N-methyl/N-ethyl adjacent to an activating group) is 1. The van der Waals surface area contributed by atoms with Crippen LogP contribution in [0.15, 0.2) is 60.2 Å². The highest BCUT2D eigenvalue weighted by Gasteiger charge is 2.52. The van der Waals surface area contributed by atoms with Gasteiger partial charge >= 0.3 is 35.8 Å². The standard InChI is InChI=1S/C56H80N2O21/c1-15-43-40(29-71-55-54(70-14)53(69-13)51(34(6)72-55)75-36(8)60)25-30(2)19-24-42(62)31(3)26-39(17-16-18-45(63)68-12)49(79-56-52(76-37(9)61)48(57(10)11)50(33(5)73-56)74-35(7)59)32(4)44(28-47(65)77-43)78-46(64)27-38-20-22-41(23-21-38)58(66)67/h16,18-25,31-34,39-40,43-44,48-56H,15,17,26-29H2,1-14H3/b18-16+,24-19+,30-25+/t31-,32+,33?,34-,39+,40-,43-,44-,48-,49-,50+,51-,52+,53-,54-,55-,56-/m1/s1. The molecule has 0 spiro atoms. The Kier molecular flexibility index (Phi) is 25.9. The minimum Gasteiger partial charge on any atom is -0.466 e. The molecule has 0 amide bonds. The van der Waals surface area contributed by atoms with Crippen molar-refractivity contribution in [3.8, 4) is 0 Å². The molecule has 0 bridgehead atoms. The second-order valence-electron chi connectivity index (χ2n) is 20.4. The maximum Gasteiger partial charge on any atom is 0.330 e. The number of nitro groups is 1. The van der Waals surface area contributed by atoms with Crippen LogP contribution < -0.4 is 0 Å². The number of carbonyl (C=O) groups is 7. The number of ether oxygens (including phenoxy) is 12. The maximum absolute atomic E-state index is 14.7. The van der Waals surface area contributed by atoms with Gasteiger partial charge in [0, 0.05) is 71.0 Å². The number of cyclic esters (lactones) is 1. The van der Waals surface area contributed by atoms with Crippen molar-refractivity contribution in [1.29, 1.82) is 0 Å². The van der Waals surface area contributed by atoms with E-state index in [1.807, 2.05) is 0 Å². The van der Waals surface area contributed by atoms with Crippen LogP contribution in [0.25, 0.3) is 0 Å². The van der Waals surface area contributed by atoms with Crippen LogP contribution in [-0.4, -0.2) is 173 Å². The maximum atomic E-state index is 14.7. The monoisotopic (exact) mass is 1120 g/mol. The predicted molar refractivity (Wildman–Crippen MR) is 280 cm³/mol. The quantitative estimate of drug-likeness (QED) is 0.0543. The summed E-state index contributed by atoms with van der Waals surface area (Å²) < 4.78 is 72.3. The number of hydrogen-bond donors (Lipinski definition) is 0. The third-order valence-electron chi connectivity index (χ3n) is 14.2. The first-order valence-electron chi connectivity index (χ1n) is 26.4. The fourth-order valence-corrected chi connectivity index (χ4v) is 10.3. The van der Waals surface area contributed by atoms with Gasteiger partial charge in [-0.25, -0.2) is 4.79 Å². The van der Waals surface area contributed by atoms with Gasteiger partial charge in [-0.3, -0.25) is 43.8 Å². The van der Waals surface area contributed by atoms with Crippen LogP contribution in [0.2, 0.25) is 0 Å². The van der Waals surface area contributed by atoms with Crippen LogP contribution in [0.3, 0.4) is 0 Å². The van der Waals surface area contributed by atoms with Gasteiger partial charge in [0.1, 0.15) is 30.5 Å². The van der Waals surface area contributed by atoms with Crippen LogP contribution in [0, 0.1) is 33.8 Å². The van der Waals surface area contributed by atoms with Crippen molar-refractivity contribution in [2.45, 2.75) is 174 Å². The molecule has 2 fully saturated rings. The first kappa shape index (κ1) is 65.6. The Morgan fingerprint density at radius 1 is 0.785 bits per heavy atom. The SMILES string of the molecule is CC[C@H]1OC(=O)C[C@@H](OC(=O)Cc2ccc([N+](=O)[O-])cc2)[C@H](C)[C@@H](O[C@H]2OC(C)[C@H](OC(C)=O)[C@@H](N(C)C)[C@@H]2OC(C)=O)[C@@H](C/C=C/C(=O)OC)C[C@@H](C)C(=O)/C=C/C(C)=C/[C@@H]1CO[C@@H]1O[C@H](C)[C@@H](OC(C)=O)[C@@H](OC)[C@H]1OC. The normalized spacial score (nSPS) is 33.2. The average molecular weight is 1120 g/mol. The molecule has 4 rings (SSSR count). The fraction of sp³-hybridized carbons (Fsp3) is 0.661. The van der Waals surface area contributed by atoms with E-state index in [1.165, 1.54) is 78.5 Å². The summed E-state index contributed by atoms with van der Waals surface area (Å²) in [6, 6.07) is 4.46. The second-order valence-corrected chi connectivity index (χ2v) is 20.4. The Labute approximate surface area is 461 Å². The Morgan fingerprint density at radius 2 is 1.38 bits per heavy atom. The number of carbonyl (C=O) groups excluding carboxylic acids is 7. The summed E-state index contributed by atoms with van der Waals surface area (Å²) in [5.41, 5.74) is 0.773. The highest BCUT2D eigenvalue weighted by atomic mass is 16.7. The summed E-state index contributed by atoms with van der Waals surface area (Å²) in [5.74, 6) is -7.66. The molecule has 3 aliphatic heterocycles. The lowest BCUT2D eigenvalue weighted by Crippen LogP contribution is -2.65. The van der Waals surface area contributed by atoms with Crippen molar-refractivity contribution in [2.75, 3.05) is 42.0 Å². The third-order valence-corrected chi connectivity index (χ3v) is 14.2. The van der Waals surface area contributed by atoms with Gasteiger partial charge in [-0.1, -0.05) is 56.7 Å². The van der Waals surface area contributed by atoms with Crippen LogP contribution in [0.1, 0.15) is 93.6 Å². The van der Waals surface area contributed by atoms with E-state index in [0.717, 1.165) is 0 Å². The van der Waals surface area contributed by atoms with E-state index in [1.54, 1.807) is 78.8 Å². The zero-order valence-electron chi connectivity index (χ0n) is 47.7. The molecule has 23 heteroatoms. The van der Waals surface area contributed by atoms with E-state index in [2.05, 4.69) is 0 Å². The van der Waals surface area contributed by atoms with E-state index in [4.69, 9.17) is 56.8 Å². The summed E-state index contributed by atoms with van der Waals surface area (Å²) in [5, 5.41) is 11.5. The van der Waals surface area contributed by atoms with Crippen molar-refractivity contribution in [3.63, 3.8) is 0 Å². The minimum absolute atomic E-state index is 0.0501. The van der Waals surface area contributed by atoms with Crippen molar-refractivity contribution in [2.24, 2.45) is 23.7 Å². The zero-order valence-corrected chi connectivity index (χ0v) is 47.7. The highest BCUT2D eigenvalue weighted by molar-refractivity contribution is 5.91. The molecular weight excluding hydrogens is 1040 g/mol. The van der Waals surface area contributed by atoms with Crippen molar-refractivity contribution in [3.05, 3.63) is 75.9 Å². The number of ketones is 1. The van der Waals surface area contributed by atoms with Crippen molar-refractivity contribution >= 4 is 47.3 Å². The number of methoxy groups -OCH3 is 3. The summed E-state index contributed by atoms with van der Waals surface area (Å²) >= 11 is 0. The van der Waals surface area contributed by atoms with Gasteiger partial charge < -0.3 is 56.8 Å². The summed E-state index contributed by atoms with van der Waals surface area (Å²) in [4.78, 5) is 106. The molecule has 0 aromatic heterocycles. The summed E-state index contributed by atoms with van der Waals surface area (Å²) in [6.45, 7) is 13.9. The van der Waals surface area contributed by atoms with Crippen LogP contribution >= 0.6 is 0 Å². The molecular formula is C56H80N2O21. The number of nitro benzene ring substituents is 1.